The number of nitrogens with zero attached hydrogens (tertiary/aromatic N) is 9. The number of aryl methyl sites for hydroxylation is 2. The van der Waals surface area contributed by atoms with Crippen molar-refractivity contribution in [2.45, 2.75) is 13.8 Å². The molecule has 0 unspecified atom stereocenters. The molecule has 5 aromatic carbocycles. The van der Waals surface area contributed by atoms with Crippen LogP contribution in [0.3, 0.4) is 0 Å². The highest BCUT2D eigenvalue weighted by Crippen LogP contribution is 2.30. The molecule has 3 heterocycles. The Labute approximate surface area is 289 Å². The molecule has 9 nitrogen and oxygen atoms in total. The van der Waals surface area contributed by atoms with Crippen LogP contribution < -0.4 is 0 Å². The molecule has 0 radical (unpaired) electrons. The lowest BCUT2D eigenvalue weighted by molar-refractivity contribution is 0.928. The fraction of sp³-hybridized carbons (Fsp3) is 0.0488. The molecule has 3 aromatic heterocycles. The zero-order chi connectivity index (χ0) is 33.9. The van der Waals surface area contributed by atoms with E-state index in [0.29, 0.717) is 52.4 Å². The lowest BCUT2D eigenvalue weighted by atomic mass is 10.1. The second-order valence-corrected chi connectivity index (χ2v) is 11.6. The van der Waals surface area contributed by atoms with Crippen molar-refractivity contribution in [1.82, 2.24) is 44.9 Å². The van der Waals surface area contributed by atoms with E-state index in [1.807, 2.05) is 153 Å². The van der Waals surface area contributed by atoms with E-state index in [4.69, 9.17) is 29.9 Å². The molecule has 9 heteroatoms. The van der Waals surface area contributed by atoms with Crippen molar-refractivity contribution in [3.63, 3.8) is 0 Å². The summed E-state index contributed by atoms with van der Waals surface area (Å²) < 4.78 is 0. The van der Waals surface area contributed by atoms with E-state index in [0.717, 1.165) is 38.9 Å². The highest BCUT2D eigenvalue weighted by molar-refractivity contribution is 5.73. The van der Waals surface area contributed by atoms with Gasteiger partial charge in [0.05, 0.1) is 0 Å². The highest BCUT2D eigenvalue weighted by atomic mass is 15.0. The lowest BCUT2D eigenvalue weighted by Gasteiger charge is -2.11. The topological polar surface area (TPSA) is 116 Å². The van der Waals surface area contributed by atoms with Crippen molar-refractivity contribution >= 4 is 0 Å². The molecule has 8 aromatic rings. The first-order valence-corrected chi connectivity index (χ1v) is 16.1. The van der Waals surface area contributed by atoms with Crippen LogP contribution in [0, 0.1) is 13.8 Å². The Morgan fingerprint density at radius 1 is 0.240 bits per heavy atom. The average molecular weight is 648 g/mol. The van der Waals surface area contributed by atoms with Gasteiger partial charge in [-0.3, -0.25) is 0 Å². The van der Waals surface area contributed by atoms with Crippen LogP contribution in [-0.2, 0) is 0 Å². The van der Waals surface area contributed by atoms with Gasteiger partial charge in [-0.15, -0.1) is 0 Å². The molecule has 0 fully saturated rings. The van der Waals surface area contributed by atoms with E-state index >= 15 is 0 Å². The maximum Gasteiger partial charge on any atom is 0.164 e. The van der Waals surface area contributed by atoms with Crippen molar-refractivity contribution in [3.8, 4) is 79.7 Å². The minimum Gasteiger partial charge on any atom is -0.219 e. The summed E-state index contributed by atoms with van der Waals surface area (Å²) >= 11 is 0. The summed E-state index contributed by atoms with van der Waals surface area (Å²) in [5.74, 6) is 5.28. The Bertz CT molecular complexity index is 2370. The van der Waals surface area contributed by atoms with Crippen LogP contribution in [0.2, 0.25) is 0 Å². The van der Waals surface area contributed by atoms with E-state index in [9.17, 15) is 0 Å². The summed E-state index contributed by atoms with van der Waals surface area (Å²) in [6, 6.07) is 45.6. The van der Waals surface area contributed by atoms with Crippen molar-refractivity contribution in [1.29, 1.82) is 0 Å². The van der Waals surface area contributed by atoms with Gasteiger partial charge in [0, 0.05) is 38.9 Å². The molecule has 0 N–H and O–H groups in total. The minimum atomic E-state index is 0.522. The SMILES string of the molecule is Cc1nc(C)nc(-c2cccc(-c3nc(-c4ccccc4)nc(-c4cccc(-c5nc(-c6ccccc6)nc(-c6ccccc6)n5)c4)n3)c2)n1. The van der Waals surface area contributed by atoms with Gasteiger partial charge in [0.25, 0.3) is 0 Å². The summed E-state index contributed by atoms with van der Waals surface area (Å²) in [6.45, 7) is 3.73. The highest BCUT2D eigenvalue weighted by Gasteiger charge is 2.16. The van der Waals surface area contributed by atoms with Crippen molar-refractivity contribution < 1.29 is 0 Å². The van der Waals surface area contributed by atoms with Crippen molar-refractivity contribution in [3.05, 3.63) is 151 Å². The monoisotopic (exact) mass is 647 g/mol. The Balaban J connectivity index is 1.25. The average Bonchev–Trinajstić information content (AvgIpc) is 3.18. The minimum absolute atomic E-state index is 0.522. The Kier molecular flexibility index (Phi) is 8.12. The van der Waals surface area contributed by atoms with Crippen molar-refractivity contribution in [2.75, 3.05) is 0 Å². The zero-order valence-corrected chi connectivity index (χ0v) is 27.3. The normalized spacial score (nSPS) is 11.0. The molecule has 0 amide bonds. The number of aromatic nitrogens is 9. The molecule has 0 spiro atoms. The van der Waals surface area contributed by atoms with Crippen LogP contribution in [0.4, 0.5) is 0 Å². The van der Waals surface area contributed by atoms with Crippen LogP contribution in [-0.4, -0.2) is 44.9 Å². The first-order chi connectivity index (χ1) is 24.6. The first-order valence-electron chi connectivity index (χ1n) is 16.1. The largest absolute Gasteiger partial charge is 0.219 e. The second-order valence-electron chi connectivity index (χ2n) is 11.6. The van der Waals surface area contributed by atoms with Crippen LogP contribution >= 0.6 is 0 Å². The quantitative estimate of drug-likeness (QED) is 0.168. The van der Waals surface area contributed by atoms with E-state index in [1.54, 1.807) is 0 Å². The third-order valence-corrected chi connectivity index (χ3v) is 7.98. The molecule has 0 saturated heterocycles. The predicted molar refractivity (Wildman–Crippen MR) is 194 cm³/mol. The molecule has 0 atom stereocenters. The zero-order valence-electron chi connectivity index (χ0n) is 27.3. The predicted octanol–water partition coefficient (Wildman–Crippen LogP) is 8.53. The summed E-state index contributed by atoms with van der Waals surface area (Å²) in [7, 11) is 0. The molecule has 238 valence electrons. The number of rotatable bonds is 7. The number of hydrogen-bond acceptors (Lipinski definition) is 9. The molecular weight excluding hydrogens is 619 g/mol. The van der Waals surface area contributed by atoms with Crippen LogP contribution in [0.15, 0.2) is 140 Å². The van der Waals surface area contributed by atoms with Crippen LogP contribution in [0.25, 0.3) is 79.7 Å². The second kappa shape index (κ2) is 13.3. The third kappa shape index (κ3) is 6.48. The summed E-state index contributed by atoms with van der Waals surface area (Å²) in [5.41, 5.74) is 5.96. The number of benzene rings is 5. The van der Waals surface area contributed by atoms with Crippen LogP contribution in [0.5, 0.6) is 0 Å². The van der Waals surface area contributed by atoms with Gasteiger partial charge in [0.1, 0.15) is 11.6 Å². The Hall–Kier alpha value is -6.87. The summed E-state index contributed by atoms with van der Waals surface area (Å²) in [4.78, 5) is 43.1. The fourth-order valence-corrected chi connectivity index (χ4v) is 5.63. The molecule has 0 aliphatic rings. The standard InChI is InChI=1S/C41H29N9/c1-26-42-27(2)44-38(43-26)31-20-12-21-32(24-31)40-48-37(30-18-10-5-11-19-30)49-41(50-40)34-23-13-22-33(25-34)39-46-35(28-14-6-3-7-15-28)45-36(47-39)29-16-8-4-9-17-29/h3-25H,1-2H3. The van der Waals surface area contributed by atoms with Gasteiger partial charge in [0.15, 0.2) is 40.8 Å². The molecule has 0 saturated carbocycles. The fourth-order valence-electron chi connectivity index (χ4n) is 5.63. The van der Waals surface area contributed by atoms with Gasteiger partial charge >= 0.3 is 0 Å². The van der Waals surface area contributed by atoms with E-state index in [-0.39, 0.29) is 0 Å². The Morgan fingerprint density at radius 2 is 0.480 bits per heavy atom. The molecular formula is C41H29N9. The molecule has 0 bridgehead atoms. The van der Waals surface area contributed by atoms with Gasteiger partial charge in [-0.25, -0.2) is 44.9 Å². The summed E-state index contributed by atoms with van der Waals surface area (Å²) in [5, 5.41) is 0. The molecule has 50 heavy (non-hydrogen) atoms. The lowest BCUT2D eigenvalue weighted by Crippen LogP contribution is -2.02. The van der Waals surface area contributed by atoms with E-state index < -0.39 is 0 Å². The summed E-state index contributed by atoms with van der Waals surface area (Å²) in [6.07, 6.45) is 0. The van der Waals surface area contributed by atoms with Gasteiger partial charge < -0.3 is 0 Å². The van der Waals surface area contributed by atoms with E-state index in [1.165, 1.54) is 0 Å². The number of hydrogen-bond donors (Lipinski definition) is 0. The van der Waals surface area contributed by atoms with Crippen LogP contribution in [0.1, 0.15) is 11.6 Å². The van der Waals surface area contributed by atoms with Crippen molar-refractivity contribution in [2.24, 2.45) is 0 Å². The van der Waals surface area contributed by atoms with Gasteiger partial charge in [-0.2, -0.15) is 0 Å². The third-order valence-electron chi connectivity index (χ3n) is 7.98. The molecule has 8 rings (SSSR count). The maximum atomic E-state index is 5.01. The first kappa shape index (κ1) is 30.5. The Morgan fingerprint density at radius 3 is 0.780 bits per heavy atom. The smallest absolute Gasteiger partial charge is 0.164 e. The van der Waals surface area contributed by atoms with E-state index in [2.05, 4.69) is 15.0 Å². The van der Waals surface area contributed by atoms with Gasteiger partial charge in [0.2, 0.25) is 0 Å². The maximum absolute atomic E-state index is 5.01. The molecule has 0 aliphatic heterocycles. The molecule has 0 aliphatic carbocycles. The van der Waals surface area contributed by atoms with Gasteiger partial charge in [-0.05, 0) is 26.0 Å². The van der Waals surface area contributed by atoms with Gasteiger partial charge in [-0.1, -0.05) is 127 Å².